The van der Waals surface area contributed by atoms with Crippen LogP contribution < -0.4 is 0 Å². The summed E-state index contributed by atoms with van der Waals surface area (Å²) >= 11 is 0. The third kappa shape index (κ3) is 3.28. The molecule has 1 aromatic carbocycles. The van der Waals surface area contributed by atoms with E-state index < -0.39 is 24.1 Å². The second-order valence-corrected chi connectivity index (χ2v) is 3.68. The van der Waals surface area contributed by atoms with Gasteiger partial charge in [0.2, 0.25) is 0 Å². The van der Waals surface area contributed by atoms with Gasteiger partial charge in [0.25, 0.3) is 0 Å². The van der Waals surface area contributed by atoms with E-state index >= 15 is 0 Å². The minimum Gasteiger partial charge on any atom is -0.481 e. The molecule has 1 rings (SSSR count). The van der Waals surface area contributed by atoms with Crippen molar-refractivity contribution in [2.24, 2.45) is 0 Å². The van der Waals surface area contributed by atoms with E-state index in [0.717, 1.165) is 7.11 Å². The first-order valence-electron chi connectivity index (χ1n) is 5.21. The average Bonchev–Trinajstić information content (AvgIpc) is 2.36. The molecule has 2 atom stereocenters. The monoisotopic (exact) mass is 254 g/mol. The predicted molar refractivity (Wildman–Crippen MR) is 60.8 cm³/mol. The number of esters is 1. The summed E-state index contributed by atoms with van der Waals surface area (Å²) in [7, 11) is 1.08. The molecule has 0 heterocycles. The largest absolute Gasteiger partial charge is 0.481 e. The van der Waals surface area contributed by atoms with Crippen molar-refractivity contribution >= 4 is 11.9 Å². The average molecular weight is 254 g/mol. The molecule has 2 unspecified atom stereocenters. The molecular formula is C12H14O6. The maximum atomic E-state index is 11.1. The van der Waals surface area contributed by atoms with Crippen molar-refractivity contribution in [1.82, 2.24) is 0 Å². The topological polar surface area (TPSA) is 104 Å². The smallest absolute Gasteiger partial charge is 0.337 e. The van der Waals surface area contributed by atoms with Crippen LogP contribution in [0.25, 0.3) is 0 Å². The van der Waals surface area contributed by atoms with Crippen molar-refractivity contribution in [3.63, 3.8) is 0 Å². The molecule has 6 nitrogen and oxygen atoms in total. The van der Waals surface area contributed by atoms with Gasteiger partial charge in [-0.05, 0) is 11.1 Å². The fourth-order valence-corrected chi connectivity index (χ4v) is 1.57. The highest BCUT2D eigenvalue weighted by atomic mass is 16.5. The Labute approximate surface area is 103 Å². The Morgan fingerprint density at radius 1 is 1.28 bits per heavy atom. The lowest BCUT2D eigenvalue weighted by Gasteiger charge is -2.18. The summed E-state index contributed by atoms with van der Waals surface area (Å²) in [6.07, 6.45) is -3.57. The lowest BCUT2D eigenvalue weighted by Crippen LogP contribution is -2.29. The molecule has 0 fully saturated rings. The van der Waals surface area contributed by atoms with Gasteiger partial charge in [0.15, 0.2) is 6.10 Å². The van der Waals surface area contributed by atoms with Crippen LogP contribution in [0.1, 0.15) is 17.2 Å². The van der Waals surface area contributed by atoms with Crippen LogP contribution in [-0.4, -0.2) is 40.5 Å². The van der Waals surface area contributed by atoms with Crippen LogP contribution in [0.3, 0.4) is 0 Å². The van der Waals surface area contributed by atoms with E-state index in [9.17, 15) is 19.8 Å². The van der Waals surface area contributed by atoms with Gasteiger partial charge in [-0.1, -0.05) is 24.3 Å². The van der Waals surface area contributed by atoms with Gasteiger partial charge in [-0.3, -0.25) is 4.79 Å². The third-order valence-corrected chi connectivity index (χ3v) is 2.46. The maximum absolute atomic E-state index is 11.1. The van der Waals surface area contributed by atoms with Crippen LogP contribution in [0.5, 0.6) is 0 Å². The fraction of sp³-hybridized carbons (Fsp3) is 0.333. The zero-order chi connectivity index (χ0) is 13.7. The molecule has 3 N–H and O–H groups in total. The Morgan fingerprint density at radius 3 is 2.44 bits per heavy atom. The minimum absolute atomic E-state index is 0.192. The molecule has 0 aliphatic heterocycles. The molecular weight excluding hydrogens is 240 g/mol. The van der Waals surface area contributed by atoms with Crippen LogP contribution in [0, 0.1) is 0 Å². The normalized spacial score (nSPS) is 13.7. The molecule has 98 valence electrons. The van der Waals surface area contributed by atoms with Crippen molar-refractivity contribution < 1.29 is 29.6 Å². The van der Waals surface area contributed by atoms with E-state index in [0.29, 0.717) is 5.56 Å². The summed E-state index contributed by atoms with van der Waals surface area (Å²) in [5.74, 6) is -2.05. The predicted octanol–water partition coefficient (Wildman–Crippen LogP) is -0.119. The van der Waals surface area contributed by atoms with Gasteiger partial charge in [-0.25, -0.2) is 4.79 Å². The van der Waals surface area contributed by atoms with Crippen molar-refractivity contribution in [3.05, 3.63) is 35.4 Å². The molecule has 0 saturated carbocycles. The number of carbonyl (C=O) groups excluding carboxylic acids is 1. The molecule has 0 aromatic heterocycles. The summed E-state index contributed by atoms with van der Waals surface area (Å²) < 4.78 is 4.31. The Balaban J connectivity index is 3.01. The second kappa shape index (κ2) is 6.13. The van der Waals surface area contributed by atoms with Crippen LogP contribution >= 0.6 is 0 Å². The molecule has 0 amide bonds. The van der Waals surface area contributed by atoms with E-state index in [1.807, 2.05) is 0 Å². The van der Waals surface area contributed by atoms with E-state index in [1.165, 1.54) is 12.1 Å². The summed E-state index contributed by atoms with van der Waals surface area (Å²) in [4.78, 5) is 21.8. The van der Waals surface area contributed by atoms with Crippen LogP contribution in [-0.2, 0) is 20.7 Å². The lowest BCUT2D eigenvalue weighted by molar-refractivity contribution is -0.156. The van der Waals surface area contributed by atoms with E-state index in [-0.39, 0.29) is 12.0 Å². The van der Waals surface area contributed by atoms with Gasteiger partial charge in [-0.2, -0.15) is 0 Å². The first-order valence-corrected chi connectivity index (χ1v) is 5.21. The number of aliphatic hydroxyl groups is 2. The van der Waals surface area contributed by atoms with Gasteiger partial charge in [0.1, 0.15) is 6.10 Å². The number of methoxy groups -OCH3 is 1. The minimum atomic E-state index is -1.75. The standard InChI is InChI=1S/C12H14O6/c1-18-12(17)11(16)10(15)8-5-3-2-4-7(8)6-9(13)14/h2-5,10-11,15-16H,6H2,1H3,(H,13,14). The molecule has 1 aromatic rings. The van der Waals surface area contributed by atoms with Gasteiger partial charge >= 0.3 is 11.9 Å². The molecule has 6 heteroatoms. The van der Waals surface area contributed by atoms with E-state index in [1.54, 1.807) is 12.1 Å². The first-order chi connectivity index (χ1) is 8.47. The molecule has 0 spiro atoms. The summed E-state index contributed by atoms with van der Waals surface area (Å²) in [6, 6.07) is 6.15. The Bertz CT molecular complexity index is 442. The highest BCUT2D eigenvalue weighted by Crippen LogP contribution is 2.22. The van der Waals surface area contributed by atoms with Crippen LogP contribution in [0.15, 0.2) is 24.3 Å². The van der Waals surface area contributed by atoms with Gasteiger partial charge < -0.3 is 20.1 Å². The number of rotatable bonds is 5. The molecule has 0 radical (unpaired) electrons. The first kappa shape index (κ1) is 14.1. The number of carbonyl (C=O) groups is 2. The molecule has 0 bridgehead atoms. The number of hydrogen-bond acceptors (Lipinski definition) is 5. The number of benzene rings is 1. The highest BCUT2D eigenvalue weighted by Gasteiger charge is 2.28. The summed E-state index contributed by atoms with van der Waals surface area (Å²) in [5, 5.41) is 28.1. The Morgan fingerprint density at radius 2 is 1.89 bits per heavy atom. The quantitative estimate of drug-likeness (QED) is 0.633. The van der Waals surface area contributed by atoms with Crippen molar-refractivity contribution in [2.45, 2.75) is 18.6 Å². The van der Waals surface area contributed by atoms with Gasteiger partial charge in [0, 0.05) is 0 Å². The maximum Gasteiger partial charge on any atom is 0.337 e. The third-order valence-electron chi connectivity index (χ3n) is 2.46. The number of aliphatic hydroxyl groups excluding tert-OH is 2. The molecule has 18 heavy (non-hydrogen) atoms. The Kier molecular flexibility index (Phi) is 4.82. The molecule has 0 aliphatic carbocycles. The number of ether oxygens (including phenoxy) is 1. The van der Waals surface area contributed by atoms with Crippen molar-refractivity contribution in [2.75, 3.05) is 7.11 Å². The Hall–Kier alpha value is -1.92. The zero-order valence-corrected chi connectivity index (χ0v) is 9.74. The van der Waals surface area contributed by atoms with Gasteiger partial charge in [0.05, 0.1) is 13.5 Å². The fourth-order valence-electron chi connectivity index (χ4n) is 1.57. The molecule has 0 saturated heterocycles. The lowest BCUT2D eigenvalue weighted by atomic mass is 9.97. The molecule has 0 aliphatic rings. The highest BCUT2D eigenvalue weighted by molar-refractivity contribution is 5.76. The zero-order valence-electron chi connectivity index (χ0n) is 9.74. The SMILES string of the molecule is COC(=O)C(O)C(O)c1ccccc1CC(=O)O. The van der Waals surface area contributed by atoms with Crippen LogP contribution in [0.2, 0.25) is 0 Å². The van der Waals surface area contributed by atoms with Crippen LogP contribution in [0.4, 0.5) is 0 Å². The number of carboxylic acid groups (broad SMARTS) is 1. The second-order valence-electron chi connectivity index (χ2n) is 3.68. The van der Waals surface area contributed by atoms with E-state index in [4.69, 9.17) is 5.11 Å². The number of hydrogen-bond donors (Lipinski definition) is 3. The summed E-state index contributed by atoms with van der Waals surface area (Å²) in [5.41, 5.74) is 0.526. The number of carboxylic acids is 1. The van der Waals surface area contributed by atoms with Crippen molar-refractivity contribution in [3.8, 4) is 0 Å². The summed E-state index contributed by atoms with van der Waals surface area (Å²) in [6.45, 7) is 0. The van der Waals surface area contributed by atoms with Gasteiger partial charge in [-0.15, -0.1) is 0 Å². The van der Waals surface area contributed by atoms with E-state index in [2.05, 4.69) is 4.74 Å². The number of aliphatic carboxylic acids is 1. The van der Waals surface area contributed by atoms with Crippen molar-refractivity contribution in [1.29, 1.82) is 0 Å².